The van der Waals surface area contributed by atoms with Gasteiger partial charge in [0, 0.05) is 17.3 Å². The maximum absolute atomic E-state index is 4.82. The maximum atomic E-state index is 4.82. The molecule has 0 spiro atoms. The van der Waals surface area contributed by atoms with Gasteiger partial charge in [-0.1, -0.05) is 43.8 Å². The number of rotatable bonds is 2. The van der Waals surface area contributed by atoms with Gasteiger partial charge in [0.2, 0.25) is 0 Å². The zero-order chi connectivity index (χ0) is 13.9. The molecule has 3 rings (SSSR count). The second-order valence-corrected chi connectivity index (χ2v) is 6.47. The van der Waals surface area contributed by atoms with Gasteiger partial charge in [-0.25, -0.2) is 0 Å². The van der Waals surface area contributed by atoms with Crippen LogP contribution in [0.15, 0.2) is 41.5 Å². The van der Waals surface area contributed by atoms with Crippen molar-refractivity contribution < 1.29 is 0 Å². The van der Waals surface area contributed by atoms with E-state index in [1.54, 1.807) is 11.8 Å². The summed E-state index contributed by atoms with van der Waals surface area (Å²) in [4.78, 5) is 9.30. The van der Waals surface area contributed by atoms with Gasteiger partial charge in [0.1, 0.15) is 0 Å². The first-order valence-corrected chi connectivity index (χ1v) is 8.04. The minimum Gasteiger partial charge on any atom is -0.333 e. The molecule has 0 saturated heterocycles. The summed E-state index contributed by atoms with van der Waals surface area (Å²) in [5, 5.41) is 5.63. The van der Waals surface area contributed by atoms with Gasteiger partial charge in [0.15, 0.2) is 5.17 Å². The van der Waals surface area contributed by atoms with Crippen molar-refractivity contribution in [1.29, 1.82) is 0 Å². The number of pyridine rings is 1. The van der Waals surface area contributed by atoms with Crippen LogP contribution in [0.1, 0.15) is 20.3 Å². The van der Waals surface area contributed by atoms with E-state index in [1.807, 2.05) is 12.3 Å². The van der Waals surface area contributed by atoms with Crippen LogP contribution in [-0.2, 0) is 0 Å². The summed E-state index contributed by atoms with van der Waals surface area (Å²) >= 11 is 1.80. The Morgan fingerprint density at radius 2 is 2.10 bits per heavy atom. The summed E-state index contributed by atoms with van der Waals surface area (Å²) in [6, 6.07) is 10.7. The molecule has 0 amide bonds. The zero-order valence-corrected chi connectivity index (χ0v) is 12.7. The third-order valence-corrected chi connectivity index (χ3v) is 4.50. The third kappa shape index (κ3) is 2.80. The summed E-state index contributed by atoms with van der Waals surface area (Å²) in [6.07, 6.45) is 3.00. The summed E-state index contributed by atoms with van der Waals surface area (Å²) in [5.41, 5.74) is 2.05. The molecule has 0 aliphatic carbocycles. The topological polar surface area (TPSA) is 37.3 Å². The number of nitrogens with zero attached hydrogens (tertiary/aromatic N) is 2. The fourth-order valence-electron chi connectivity index (χ4n) is 2.40. The predicted octanol–water partition coefficient (Wildman–Crippen LogP) is 4.16. The van der Waals surface area contributed by atoms with Gasteiger partial charge in [-0.05, 0) is 24.5 Å². The summed E-state index contributed by atoms with van der Waals surface area (Å²) in [7, 11) is 0. The Balaban J connectivity index is 1.90. The van der Waals surface area contributed by atoms with E-state index >= 15 is 0 Å². The van der Waals surface area contributed by atoms with Gasteiger partial charge in [-0.2, -0.15) is 0 Å². The number of amidine groups is 1. The van der Waals surface area contributed by atoms with Crippen molar-refractivity contribution in [2.75, 3.05) is 11.1 Å². The minimum absolute atomic E-state index is 0.432. The molecule has 0 fully saturated rings. The molecule has 2 aromatic rings. The summed E-state index contributed by atoms with van der Waals surface area (Å²) in [6.45, 7) is 4.47. The number of anilines is 1. The zero-order valence-electron chi connectivity index (χ0n) is 11.8. The highest BCUT2D eigenvalue weighted by molar-refractivity contribution is 8.14. The molecule has 1 unspecified atom stereocenters. The first-order valence-electron chi connectivity index (χ1n) is 7.05. The molecule has 1 aromatic carbocycles. The average molecular weight is 285 g/mol. The molecule has 1 aliphatic heterocycles. The van der Waals surface area contributed by atoms with Gasteiger partial charge < -0.3 is 5.32 Å². The third-order valence-electron chi connectivity index (χ3n) is 3.58. The molecule has 1 aliphatic rings. The number of thioether (sulfide) groups is 1. The normalized spacial score (nSPS) is 19.1. The van der Waals surface area contributed by atoms with Gasteiger partial charge in [0.05, 0.1) is 17.2 Å². The van der Waals surface area contributed by atoms with Crippen LogP contribution in [0.5, 0.6) is 0 Å². The number of hydrogen-bond donors (Lipinski definition) is 1. The second kappa shape index (κ2) is 5.83. The molecule has 1 N–H and O–H groups in total. The lowest BCUT2D eigenvalue weighted by molar-refractivity contribution is 0.485. The number of hydrogen-bond acceptors (Lipinski definition) is 4. The summed E-state index contributed by atoms with van der Waals surface area (Å²) in [5.74, 6) is 1.73. The number of benzene rings is 1. The van der Waals surface area contributed by atoms with Crippen LogP contribution < -0.4 is 5.32 Å². The van der Waals surface area contributed by atoms with E-state index in [0.717, 1.165) is 27.5 Å². The molecule has 4 heteroatoms. The minimum atomic E-state index is 0.432. The van der Waals surface area contributed by atoms with Gasteiger partial charge in [0.25, 0.3) is 0 Å². The van der Waals surface area contributed by atoms with E-state index in [2.05, 4.69) is 48.4 Å². The van der Waals surface area contributed by atoms with Crippen LogP contribution in [0, 0.1) is 5.92 Å². The number of para-hydroxylation sites is 1. The lowest BCUT2D eigenvalue weighted by Crippen LogP contribution is -2.24. The fraction of sp³-hybridized carbons (Fsp3) is 0.375. The van der Waals surface area contributed by atoms with Crippen LogP contribution in [0.2, 0.25) is 0 Å². The van der Waals surface area contributed by atoms with Crippen molar-refractivity contribution in [3.8, 4) is 0 Å². The van der Waals surface area contributed by atoms with Crippen LogP contribution in [-0.4, -0.2) is 21.9 Å². The van der Waals surface area contributed by atoms with E-state index in [0.29, 0.717) is 12.0 Å². The van der Waals surface area contributed by atoms with E-state index in [-0.39, 0.29) is 0 Å². The Hall–Kier alpha value is -1.55. The molecule has 0 radical (unpaired) electrons. The largest absolute Gasteiger partial charge is 0.333 e. The van der Waals surface area contributed by atoms with Crippen LogP contribution in [0.25, 0.3) is 10.9 Å². The van der Waals surface area contributed by atoms with Crippen LogP contribution >= 0.6 is 11.8 Å². The maximum Gasteiger partial charge on any atom is 0.161 e. The molecule has 2 heterocycles. The Labute approximate surface area is 123 Å². The lowest BCUT2D eigenvalue weighted by Gasteiger charge is -2.23. The number of aromatic nitrogens is 1. The number of aliphatic imine (C=N–C) groups is 1. The van der Waals surface area contributed by atoms with Crippen molar-refractivity contribution in [3.05, 3.63) is 36.5 Å². The van der Waals surface area contributed by atoms with Crippen molar-refractivity contribution in [2.24, 2.45) is 10.9 Å². The van der Waals surface area contributed by atoms with E-state index < -0.39 is 0 Å². The standard InChI is InChI=1S/C16H19N3S/c1-11(2)13-8-10-20-16(18-13)19-14-7-3-5-12-6-4-9-17-15(12)14/h3-7,9,11,13H,8,10H2,1-2H3,(H,18,19). The molecule has 0 saturated carbocycles. The summed E-state index contributed by atoms with van der Waals surface area (Å²) < 4.78 is 0. The molecule has 1 aromatic heterocycles. The van der Waals surface area contributed by atoms with Crippen molar-refractivity contribution in [3.63, 3.8) is 0 Å². The smallest absolute Gasteiger partial charge is 0.161 e. The highest BCUT2D eigenvalue weighted by Gasteiger charge is 2.19. The highest BCUT2D eigenvalue weighted by atomic mass is 32.2. The Kier molecular flexibility index (Phi) is 3.92. The van der Waals surface area contributed by atoms with Crippen LogP contribution in [0.3, 0.4) is 0 Å². The first-order chi connectivity index (χ1) is 9.74. The van der Waals surface area contributed by atoms with Crippen molar-refractivity contribution in [2.45, 2.75) is 26.3 Å². The van der Waals surface area contributed by atoms with Gasteiger partial charge >= 0.3 is 0 Å². The molecule has 104 valence electrons. The molecule has 1 atom stereocenters. The second-order valence-electron chi connectivity index (χ2n) is 5.39. The molecule has 20 heavy (non-hydrogen) atoms. The SMILES string of the molecule is CC(C)C1CCSC(Nc2cccc3cccnc23)=N1. The molecular formula is C16H19N3S. The van der Waals surface area contributed by atoms with Crippen molar-refractivity contribution in [1.82, 2.24) is 4.98 Å². The van der Waals surface area contributed by atoms with Crippen molar-refractivity contribution >= 4 is 33.5 Å². The van der Waals surface area contributed by atoms with E-state index in [9.17, 15) is 0 Å². The molecule has 0 bridgehead atoms. The van der Waals surface area contributed by atoms with Crippen LogP contribution in [0.4, 0.5) is 5.69 Å². The molecule has 3 nitrogen and oxygen atoms in total. The monoisotopic (exact) mass is 285 g/mol. The quantitative estimate of drug-likeness (QED) is 0.900. The van der Waals surface area contributed by atoms with E-state index in [1.165, 1.54) is 6.42 Å². The van der Waals surface area contributed by atoms with E-state index in [4.69, 9.17) is 4.99 Å². The fourth-order valence-corrected chi connectivity index (χ4v) is 3.34. The number of fused-ring (bicyclic) bond motifs is 1. The number of nitrogens with one attached hydrogen (secondary N) is 1. The van der Waals surface area contributed by atoms with Gasteiger partial charge in [-0.15, -0.1) is 0 Å². The lowest BCUT2D eigenvalue weighted by atomic mass is 10.0. The molecular weight excluding hydrogens is 266 g/mol. The Bertz CT molecular complexity index is 631. The first kappa shape index (κ1) is 13.4. The highest BCUT2D eigenvalue weighted by Crippen LogP contribution is 2.26. The van der Waals surface area contributed by atoms with Gasteiger partial charge in [-0.3, -0.25) is 9.98 Å². The predicted molar refractivity (Wildman–Crippen MR) is 88.5 cm³/mol. The average Bonchev–Trinajstić information content (AvgIpc) is 2.48. The Morgan fingerprint density at radius 1 is 1.25 bits per heavy atom. The Morgan fingerprint density at radius 3 is 2.95 bits per heavy atom.